The monoisotopic (exact) mass is 248 g/mol. The van der Waals surface area contributed by atoms with Gasteiger partial charge in [0.2, 0.25) is 5.91 Å². The van der Waals surface area contributed by atoms with Gasteiger partial charge in [-0.3, -0.25) is 4.79 Å². The number of amides is 1. The minimum atomic E-state index is -0.830. The molecule has 0 saturated heterocycles. The number of carbonyl (C=O) groups excluding carboxylic acids is 1. The third-order valence-corrected chi connectivity index (χ3v) is 3.05. The van der Waals surface area contributed by atoms with Crippen molar-refractivity contribution in [3.05, 3.63) is 0 Å². The van der Waals surface area contributed by atoms with Crippen molar-refractivity contribution in [3.8, 4) is 0 Å². The van der Waals surface area contributed by atoms with Crippen LogP contribution in [0.25, 0.3) is 0 Å². The number of nitrogens with two attached hydrogens (primary N) is 1. The number of hydrogen-bond donors (Lipinski definition) is 3. The first kappa shape index (κ1) is 15.7. The maximum absolute atomic E-state index is 11.5. The molecule has 0 aliphatic carbocycles. The second kappa shape index (κ2) is 7.92. The van der Waals surface area contributed by atoms with Gasteiger partial charge in [-0.25, -0.2) is 0 Å². The number of nitrogens with one attached hydrogen (secondary N) is 1. The minimum absolute atomic E-state index is 0.176. The van der Waals surface area contributed by atoms with Crippen LogP contribution >= 0.6 is 11.8 Å². The Morgan fingerprint density at radius 3 is 2.75 bits per heavy atom. The number of rotatable bonds is 8. The van der Waals surface area contributed by atoms with Gasteiger partial charge in [0.05, 0.1) is 11.6 Å². The van der Waals surface area contributed by atoms with Crippen molar-refractivity contribution in [2.24, 2.45) is 5.73 Å². The topological polar surface area (TPSA) is 75.3 Å². The molecule has 0 aromatic carbocycles. The molecule has 1 amide bonds. The molecule has 0 rings (SSSR count). The summed E-state index contributed by atoms with van der Waals surface area (Å²) in [5.41, 5.74) is 4.87. The number of hydrogen-bond acceptors (Lipinski definition) is 4. The Hall–Kier alpha value is -0.260. The van der Waals surface area contributed by atoms with Crippen LogP contribution in [0.2, 0.25) is 0 Å². The van der Waals surface area contributed by atoms with Gasteiger partial charge in [-0.05, 0) is 31.8 Å². The lowest BCUT2D eigenvalue weighted by atomic mass is 10.0. The Bertz CT molecular complexity index is 210. The fraction of sp³-hybridized carbons (Fsp3) is 0.909. The van der Waals surface area contributed by atoms with Gasteiger partial charge in [0.1, 0.15) is 0 Å². The first-order chi connectivity index (χ1) is 7.43. The molecule has 4 nitrogen and oxygen atoms in total. The third kappa shape index (κ3) is 7.09. The van der Waals surface area contributed by atoms with Crippen LogP contribution in [0, 0.1) is 0 Å². The molecular formula is C11H24N2O2S. The van der Waals surface area contributed by atoms with Crippen LogP contribution in [0.1, 0.15) is 33.1 Å². The Morgan fingerprint density at radius 1 is 1.62 bits per heavy atom. The summed E-state index contributed by atoms with van der Waals surface area (Å²) in [7, 11) is 0. The summed E-state index contributed by atoms with van der Waals surface area (Å²) in [5, 5.41) is 12.6. The molecule has 2 atom stereocenters. The molecule has 0 aromatic heterocycles. The van der Waals surface area contributed by atoms with E-state index in [9.17, 15) is 9.90 Å². The highest BCUT2D eigenvalue weighted by Crippen LogP contribution is 2.10. The molecule has 0 aliphatic rings. The summed E-state index contributed by atoms with van der Waals surface area (Å²) in [5.74, 6) is 0.699. The second-order valence-corrected chi connectivity index (χ2v) is 5.34. The van der Waals surface area contributed by atoms with E-state index in [1.165, 1.54) is 0 Å². The average Bonchev–Trinajstić information content (AvgIpc) is 2.22. The van der Waals surface area contributed by atoms with Gasteiger partial charge in [-0.15, -0.1) is 0 Å². The van der Waals surface area contributed by atoms with Crippen LogP contribution in [-0.4, -0.2) is 41.2 Å². The first-order valence-corrected chi connectivity index (χ1v) is 7.07. The summed E-state index contributed by atoms with van der Waals surface area (Å²) in [6, 6.07) is -0.468. The zero-order valence-corrected chi connectivity index (χ0v) is 11.3. The predicted molar refractivity (Wildman–Crippen MR) is 69.5 cm³/mol. The molecule has 0 fully saturated rings. The Balaban J connectivity index is 3.87. The number of thioether (sulfide) groups is 1. The molecule has 0 radical (unpaired) electrons. The summed E-state index contributed by atoms with van der Waals surface area (Å²) >= 11 is 1.67. The molecule has 0 saturated carbocycles. The predicted octanol–water partition coefficient (Wildman–Crippen LogP) is 0.734. The van der Waals surface area contributed by atoms with Crippen LogP contribution in [0.5, 0.6) is 0 Å². The first-order valence-electron chi connectivity index (χ1n) is 5.67. The molecule has 0 aromatic rings. The van der Waals surface area contributed by atoms with Crippen molar-refractivity contribution in [2.45, 2.75) is 44.8 Å². The van der Waals surface area contributed by atoms with Crippen molar-refractivity contribution >= 4 is 17.7 Å². The van der Waals surface area contributed by atoms with E-state index in [1.807, 2.05) is 13.2 Å². The van der Waals surface area contributed by atoms with E-state index in [2.05, 4.69) is 5.32 Å². The van der Waals surface area contributed by atoms with Crippen molar-refractivity contribution in [1.82, 2.24) is 5.32 Å². The van der Waals surface area contributed by atoms with E-state index in [-0.39, 0.29) is 12.5 Å². The highest BCUT2D eigenvalue weighted by Gasteiger charge is 2.21. The lowest BCUT2D eigenvalue weighted by molar-refractivity contribution is -0.123. The summed E-state index contributed by atoms with van der Waals surface area (Å²) in [6.07, 6.45) is 4.22. The smallest absolute Gasteiger partial charge is 0.237 e. The van der Waals surface area contributed by atoms with Gasteiger partial charge in [0, 0.05) is 6.54 Å². The average molecular weight is 248 g/mol. The largest absolute Gasteiger partial charge is 0.388 e. The van der Waals surface area contributed by atoms with E-state index in [0.717, 1.165) is 12.2 Å². The molecule has 0 aliphatic heterocycles. The van der Waals surface area contributed by atoms with Crippen molar-refractivity contribution in [1.29, 1.82) is 0 Å². The molecule has 16 heavy (non-hydrogen) atoms. The fourth-order valence-electron chi connectivity index (χ4n) is 1.41. The molecule has 0 heterocycles. The molecule has 96 valence electrons. The minimum Gasteiger partial charge on any atom is -0.388 e. The third-order valence-electron chi connectivity index (χ3n) is 2.40. The van der Waals surface area contributed by atoms with E-state index in [0.29, 0.717) is 12.8 Å². The fourth-order valence-corrected chi connectivity index (χ4v) is 1.90. The van der Waals surface area contributed by atoms with Crippen molar-refractivity contribution in [2.75, 3.05) is 18.6 Å². The van der Waals surface area contributed by atoms with E-state index in [4.69, 9.17) is 5.73 Å². The maximum Gasteiger partial charge on any atom is 0.237 e. The van der Waals surface area contributed by atoms with Gasteiger partial charge < -0.3 is 16.2 Å². The maximum atomic E-state index is 11.5. The van der Waals surface area contributed by atoms with Crippen molar-refractivity contribution < 1.29 is 9.90 Å². The summed E-state index contributed by atoms with van der Waals surface area (Å²) in [6.45, 7) is 4.00. The summed E-state index contributed by atoms with van der Waals surface area (Å²) in [4.78, 5) is 11.5. The van der Waals surface area contributed by atoms with Gasteiger partial charge in [-0.1, -0.05) is 13.3 Å². The van der Waals surface area contributed by atoms with Crippen LogP contribution in [0.3, 0.4) is 0 Å². The highest BCUT2D eigenvalue weighted by atomic mass is 32.2. The van der Waals surface area contributed by atoms with E-state index < -0.39 is 11.6 Å². The molecule has 0 spiro atoms. The molecule has 0 bridgehead atoms. The Morgan fingerprint density at radius 2 is 2.25 bits per heavy atom. The number of carbonyl (C=O) groups is 1. The molecule has 5 heteroatoms. The van der Waals surface area contributed by atoms with Crippen LogP contribution in [0.4, 0.5) is 0 Å². The Labute approximate surface area is 102 Å². The standard InChI is InChI=1S/C11H24N2O2S/c1-4-6-11(2,15)8-13-10(14)9(12)5-7-16-3/h9,15H,4-8,12H2,1-3H3,(H,13,14)/t9-,11?/m1/s1. The molecular weight excluding hydrogens is 224 g/mol. The second-order valence-electron chi connectivity index (χ2n) is 4.35. The lowest BCUT2D eigenvalue weighted by Crippen LogP contribution is -2.47. The molecule has 4 N–H and O–H groups in total. The van der Waals surface area contributed by atoms with Gasteiger partial charge in [0.15, 0.2) is 0 Å². The normalized spacial score (nSPS) is 16.6. The van der Waals surface area contributed by atoms with Gasteiger partial charge in [0.25, 0.3) is 0 Å². The van der Waals surface area contributed by atoms with Crippen LogP contribution in [-0.2, 0) is 4.79 Å². The summed E-state index contributed by atoms with van der Waals surface area (Å²) < 4.78 is 0. The van der Waals surface area contributed by atoms with Gasteiger partial charge in [-0.2, -0.15) is 11.8 Å². The Kier molecular flexibility index (Phi) is 7.80. The SMILES string of the molecule is CCCC(C)(O)CNC(=O)[C@H](N)CCSC. The zero-order chi connectivity index (χ0) is 12.6. The van der Waals surface area contributed by atoms with Crippen LogP contribution in [0.15, 0.2) is 0 Å². The number of aliphatic hydroxyl groups is 1. The van der Waals surface area contributed by atoms with E-state index in [1.54, 1.807) is 18.7 Å². The molecule has 1 unspecified atom stereocenters. The lowest BCUT2D eigenvalue weighted by Gasteiger charge is -2.23. The highest BCUT2D eigenvalue weighted by molar-refractivity contribution is 7.98. The zero-order valence-electron chi connectivity index (χ0n) is 10.5. The quantitative estimate of drug-likeness (QED) is 0.592. The van der Waals surface area contributed by atoms with Gasteiger partial charge >= 0.3 is 0 Å². The van der Waals surface area contributed by atoms with Crippen LogP contribution < -0.4 is 11.1 Å². The van der Waals surface area contributed by atoms with E-state index >= 15 is 0 Å². The van der Waals surface area contributed by atoms with Crippen molar-refractivity contribution in [3.63, 3.8) is 0 Å².